The second kappa shape index (κ2) is 8.67. The van der Waals surface area contributed by atoms with Crippen LogP contribution in [0.1, 0.15) is 29.0 Å². The SMILES string of the molecule is O=C(c1ccc(F)cc1)N1CCCC(C(=O)N(Cc2ccco2)CC(F)(F)F)C1. The van der Waals surface area contributed by atoms with Gasteiger partial charge >= 0.3 is 6.18 Å². The number of amides is 2. The van der Waals surface area contributed by atoms with Crippen LogP contribution in [-0.2, 0) is 11.3 Å². The van der Waals surface area contributed by atoms with Gasteiger partial charge in [0.25, 0.3) is 5.91 Å². The van der Waals surface area contributed by atoms with Gasteiger partial charge in [0, 0.05) is 18.7 Å². The number of likely N-dealkylation sites (tertiary alicyclic amines) is 1. The number of carbonyl (C=O) groups is 2. The highest BCUT2D eigenvalue weighted by Crippen LogP contribution is 2.25. The highest BCUT2D eigenvalue weighted by Gasteiger charge is 2.37. The van der Waals surface area contributed by atoms with Crippen molar-refractivity contribution in [3.05, 3.63) is 59.8 Å². The summed E-state index contributed by atoms with van der Waals surface area (Å²) in [6.07, 6.45) is -2.35. The second-order valence-corrected chi connectivity index (χ2v) is 6.99. The van der Waals surface area contributed by atoms with E-state index in [2.05, 4.69) is 0 Å². The zero-order valence-corrected chi connectivity index (χ0v) is 15.5. The van der Waals surface area contributed by atoms with Crippen LogP contribution in [0.3, 0.4) is 0 Å². The number of piperidine rings is 1. The lowest BCUT2D eigenvalue weighted by atomic mass is 9.95. The first kappa shape index (κ1) is 20.9. The number of furan rings is 1. The summed E-state index contributed by atoms with van der Waals surface area (Å²) in [6.45, 7) is -1.29. The van der Waals surface area contributed by atoms with Gasteiger partial charge in [-0.2, -0.15) is 13.2 Å². The van der Waals surface area contributed by atoms with E-state index in [0.717, 1.165) is 17.0 Å². The summed E-state index contributed by atoms with van der Waals surface area (Å²) in [6, 6.07) is 8.05. The third kappa shape index (κ3) is 5.58. The Morgan fingerprint density at radius 2 is 1.90 bits per heavy atom. The molecule has 1 fully saturated rings. The molecule has 0 saturated carbocycles. The van der Waals surface area contributed by atoms with Gasteiger partial charge in [-0.3, -0.25) is 9.59 Å². The van der Waals surface area contributed by atoms with Crippen LogP contribution in [0.5, 0.6) is 0 Å². The van der Waals surface area contributed by atoms with Gasteiger partial charge < -0.3 is 14.2 Å². The number of alkyl halides is 3. The lowest BCUT2D eigenvalue weighted by Gasteiger charge is -2.35. The fraction of sp³-hybridized carbons (Fsp3) is 0.400. The lowest BCUT2D eigenvalue weighted by Crippen LogP contribution is -2.48. The molecule has 1 aliphatic rings. The van der Waals surface area contributed by atoms with E-state index in [4.69, 9.17) is 4.42 Å². The third-order valence-electron chi connectivity index (χ3n) is 4.76. The molecule has 9 heteroatoms. The van der Waals surface area contributed by atoms with Crippen LogP contribution in [0.2, 0.25) is 0 Å². The van der Waals surface area contributed by atoms with Crippen LogP contribution in [0.15, 0.2) is 47.1 Å². The molecular formula is C20H20F4N2O3. The molecule has 2 amide bonds. The van der Waals surface area contributed by atoms with Crippen molar-refractivity contribution in [2.24, 2.45) is 5.92 Å². The van der Waals surface area contributed by atoms with Gasteiger partial charge in [0.05, 0.1) is 18.7 Å². The van der Waals surface area contributed by atoms with Crippen LogP contribution in [0.25, 0.3) is 0 Å². The Balaban J connectivity index is 1.71. The molecule has 1 atom stereocenters. The standard InChI is InChI=1S/C20H20F4N2O3/c21-16-7-5-14(6-8-16)18(27)25-9-1-3-15(11-25)19(28)26(13-20(22,23)24)12-17-4-2-10-29-17/h2,4-8,10,15H,1,3,9,11-13H2. The molecule has 29 heavy (non-hydrogen) atoms. The molecular weight excluding hydrogens is 392 g/mol. The zero-order valence-electron chi connectivity index (χ0n) is 15.5. The van der Waals surface area contributed by atoms with Gasteiger partial charge in [-0.05, 0) is 49.2 Å². The minimum Gasteiger partial charge on any atom is -0.467 e. The van der Waals surface area contributed by atoms with Crippen LogP contribution in [0, 0.1) is 11.7 Å². The first-order chi connectivity index (χ1) is 13.7. The molecule has 3 rings (SSSR count). The van der Waals surface area contributed by atoms with Crippen molar-refractivity contribution >= 4 is 11.8 Å². The summed E-state index contributed by atoms with van der Waals surface area (Å²) >= 11 is 0. The maximum Gasteiger partial charge on any atom is 0.406 e. The van der Waals surface area contributed by atoms with Crippen molar-refractivity contribution in [3.63, 3.8) is 0 Å². The maximum atomic E-state index is 13.1. The van der Waals surface area contributed by atoms with Crippen LogP contribution >= 0.6 is 0 Å². The molecule has 1 aromatic heterocycles. The fourth-order valence-corrected chi connectivity index (χ4v) is 3.42. The van der Waals surface area contributed by atoms with E-state index < -0.39 is 30.4 Å². The average Bonchev–Trinajstić information content (AvgIpc) is 3.19. The first-order valence-corrected chi connectivity index (χ1v) is 9.16. The van der Waals surface area contributed by atoms with Gasteiger partial charge in [-0.25, -0.2) is 4.39 Å². The van der Waals surface area contributed by atoms with Crippen molar-refractivity contribution in [2.45, 2.75) is 25.6 Å². The van der Waals surface area contributed by atoms with Crippen molar-refractivity contribution in [1.29, 1.82) is 0 Å². The summed E-state index contributed by atoms with van der Waals surface area (Å²) in [4.78, 5) is 27.6. The second-order valence-electron chi connectivity index (χ2n) is 6.99. The molecule has 1 aliphatic heterocycles. The van der Waals surface area contributed by atoms with E-state index in [1.807, 2.05) is 0 Å². The Labute approximate surface area is 164 Å². The van der Waals surface area contributed by atoms with Crippen LogP contribution in [-0.4, -0.2) is 47.4 Å². The predicted molar refractivity (Wildman–Crippen MR) is 95.2 cm³/mol. The van der Waals surface area contributed by atoms with Crippen molar-refractivity contribution in [3.8, 4) is 0 Å². The number of benzene rings is 1. The number of carbonyl (C=O) groups excluding carboxylic acids is 2. The zero-order chi connectivity index (χ0) is 21.0. The number of halogens is 4. The van der Waals surface area contributed by atoms with Crippen molar-refractivity contribution in [2.75, 3.05) is 19.6 Å². The molecule has 2 heterocycles. The molecule has 0 N–H and O–H groups in total. The van der Waals surface area contributed by atoms with Gasteiger partial charge in [-0.1, -0.05) is 0 Å². The number of rotatable bonds is 5. The molecule has 1 unspecified atom stereocenters. The van der Waals surface area contributed by atoms with Gasteiger partial charge in [0.1, 0.15) is 18.1 Å². The smallest absolute Gasteiger partial charge is 0.406 e. The Morgan fingerprint density at radius 3 is 2.52 bits per heavy atom. The van der Waals surface area contributed by atoms with Gasteiger partial charge in [0.2, 0.25) is 5.91 Å². The van der Waals surface area contributed by atoms with E-state index >= 15 is 0 Å². The van der Waals surface area contributed by atoms with Crippen molar-refractivity contribution in [1.82, 2.24) is 9.80 Å². The largest absolute Gasteiger partial charge is 0.467 e. The highest BCUT2D eigenvalue weighted by atomic mass is 19.4. The number of hydrogen-bond donors (Lipinski definition) is 0. The quantitative estimate of drug-likeness (QED) is 0.701. The Bertz CT molecular complexity index is 834. The minimum atomic E-state index is -4.56. The summed E-state index contributed by atoms with van der Waals surface area (Å²) in [5.74, 6) is -2.02. The molecule has 0 bridgehead atoms. The van der Waals surface area contributed by atoms with Crippen molar-refractivity contribution < 1.29 is 31.6 Å². The molecule has 2 aromatic rings. The lowest BCUT2D eigenvalue weighted by molar-refractivity contribution is -0.166. The third-order valence-corrected chi connectivity index (χ3v) is 4.76. The normalized spacial score (nSPS) is 17.2. The monoisotopic (exact) mass is 412 g/mol. The summed E-state index contributed by atoms with van der Waals surface area (Å²) in [5.41, 5.74) is 0.266. The molecule has 1 saturated heterocycles. The fourth-order valence-electron chi connectivity index (χ4n) is 3.42. The van der Waals surface area contributed by atoms with Gasteiger partial charge in [0.15, 0.2) is 0 Å². The molecule has 5 nitrogen and oxygen atoms in total. The molecule has 0 spiro atoms. The van der Waals surface area contributed by atoms with E-state index in [1.165, 1.54) is 35.4 Å². The van der Waals surface area contributed by atoms with Crippen LogP contribution < -0.4 is 0 Å². The van der Waals surface area contributed by atoms with Crippen LogP contribution in [0.4, 0.5) is 17.6 Å². The Hall–Kier alpha value is -2.84. The van der Waals surface area contributed by atoms with E-state index in [9.17, 15) is 27.2 Å². The molecule has 0 aliphatic carbocycles. The first-order valence-electron chi connectivity index (χ1n) is 9.16. The summed E-state index contributed by atoms with van der Waals surface area (Å²) < 4.78 is 57.2. The van der Waals surface area contributed by atoms with E-state index in [1.54, 1.807) is 0 Å². The predicted octanol–water partition coefficient (Wildman–Crippen LogP) is 3.86. The topological polar surface area (TPSA) is 53.8 Å². The van der Waals surface area contributed by atoms with E-state index in [-0.39, 0.29) is 30.3 Å². The minimum absolute atomic E-state index is 0.0154. The van der Waals surface area contributed by atoms with Gasteiger partial charge in [-0.15, -0.1) is 0 Å². The number of nitrogens with zero attached hydrogens (tertiary/aromatic N) is 2. The molecule has 0 radical (unpaired) electrons. The maximum absolute atomic E-state index is 13.1. The van der Waals surface area contributed by atoms with E-state index in [0.29, 0.717) is 19.4 Å². The molecule has 1 aromatic carbocycles. The molecule has 156 valence electrons. The number of hydrogen-bond acceptors (Lipinski definition) is 3. The highest BCUT2D eigenvalue weighted by molar-refractivity contribution is 5.94. The summed E-state index contributed by atoms with van der Waals surface area (Å²) in [5, 5.41) is 0. The Morgan fingerprint density at radius 1 is 1.17 bits per heavy atom. The summed E-state index contributed by atoms with van der Waals surface area (Å²) in [7, 11) is 0. The average molecular weight is 412 g/mol. The Kier molecular flexibility index (Phi) is 6.24.